The molecule has 0 amide bonds. The SMILES string of the molecule is CCNC(c1ccc2[nH]c(=O)[nH]c2c1)C1CCCC1. The molecule has 0 saturated heterocycles. The Kier molecular flexibility index (Phi) is 3.42. The second kappa shape index (κ2) is 5.21. The third kappa shape index (κ3) is 2.45. The molecule has 1 saturated carbocycles. The fraction of sp³-hybridized carbons (Fsp3) is 0.533. The predicted molar refractivity (Wildman–Crippen MR) is 77.3 cm³/mol. The molecule has 4 nitrogen and oxygen atoms in total. The lowest BCUT2D eigenvalue weighted by molar-refractivity contribution is 0.375. The highest BCUT2D eigenvalue weighted by atomic mass is 16.1. The van der Waals surface area contributed by atoms with Gasteiger partial charge in [0.05, 0.1) is 11.0 Å². The lowest BCUT2D eigenvalue weighted by Gasteiger charge is -2.24. The zero-order valence-electron chi connectivity index (χ0n) is 11.3. The lowest BCUT2D eigenvalue weighted by Crippen LogP contribution is -2.26. The fourth-order valence-corrected chi connectivity index (χ4v) is 3.31. The highest BCUT2D eigenvalue weighted by molar-refractivity contribution is 5.75. The van der Waals surface area contributed by atoms with E-state index in [1.165, 1.54) is 31.2 Å². The quantitative estimate of drug-likeness (QED) is 0.790. The van der Waals surface area contributed by atoms with E-state index in [4.69, 9.17) is 0 Å². The molecule has 1 heterocycles. The summed E-state index contributed by atoms with van der Waals surface area (Å²) in [7, 11) is 0. The van der Waals surface area contributed by atoms with Gasteiger partial charge in [-0.2, -0.15) is 0 Å². The van der Waals surface area contributed by atoms with Crippen LogP contribution in [0, 0.1) is 5.92 Å². The van der Waals surface area contributed by atoms with Crippen molar-refractivity contribution in [3.8, 4) is 0 Å². The molecule has 102 valence electrons. The average molecular weight is 259 g/mol. The van der Waals surface area contributed by atoms with E-state index in [0.29, 0.717) is 6.04 Å². The first-order chi connectivity index (χ1) is 9.28. The Labute approximate surface area is 112 Å². The Hall–Kier alpha value is -1.55. The van der Waals surface area contributed by atoms with E-state index in [2.05, 4.69) is 34.3 Å². The third-order valence-corrected chi connectivity index (χ3v) is 4.19. The molecular formula is C15H21N3O. The van der Waals surface area contributed by atoms with Crippen LogP contribution in [0.25, 0.3) is 11.0 Å². The van der Waals surface area contributed by atoms with Gasteiger partial charge < -0.3 is 15.3 Å². The van der Waals surface area contributed by atoms with Crippen LogP contribution in [0.5, 0.6) is 0 Å². The van der Waals surface area contributed by atoms with Crippen LogP contribution in [0.3, 0.4) is 0 Å². The van der Waals surface area contributed by atoms with Gasteiger partial charge in [-0.05, 0) is 43.0 Å². The average Bonchev–Trinajstić information content (AvgIpc) is 3.02. The Morgan fingerprint density at radius 3 is 2.74 bits per heavy atom. The molecule has 3 rings (SSSR count). The Bertz CT molecular complexity index is 607. The third-order valence-electron chi connectivity index (χ3n) is 4.19. The standard InChI is InChI=1S/C15H21N3O/c1-2-16-14(10-5-3-4-6-10)11-7-8-12-13(9-11)18-15(19)17-12/h7-10,14,16H,2-6H2,1H3,(H2,17,18,19). The van der Waals surface area contributed by atoms with E-state index >= 15 is 0 Å². The van der Waals surface area contributed by atoms with Gasteiger partial charge in [0.15, 0.2) is 0 Å². The monoisotopic (exact) mass is 259 g/mol. The van der Waals surface area contributed by atoms with E-state index in [1.807, 2.05) is 6.07 Å². The molecular weight excluding hydrogens is 238 g/mol. The van der Waals surface area contributed by atoms with E-state index in [1.54, 1.807) is 0 Å². The van der Waals surface area contributed by atoms with Crippen LogP contribution in [0.15, 0.2) is 23.0 Å². The van der Waals surface area contributed by atoms with Crippen molar-refractivity contribution in [2.24, 2.45) is 5.92 Å². The summed E-state index contributed by atoms with van der Waals surface area (Å²) in [5.74, 6) is 0.725. The number of hydrogen-bond donors (Lipinski definition) is 3. The largest absolute Gasteiger partial charge is 0.323 e. The van der Waals surface area contributed by atoms with Crippen LogP contribution in [-0.2, 0) is 0 Å². The maximum absolute atomic E-state index is 11.3. The number of nitrogens with one attached hydrogen (secondary N) is 3. The van der Waals surface area contributed by atoms with Gasteiger partial charge in [-0.1, -0.05) is 25.8 Å². The van der Waals surface area contributed by atoms with Crippen molar-refractivity contribution in [3.63, 3.8) is 0 Å². The van der Waals surface area contributed by atoms with Crippen molar-refractivity contribution in [2.45, 2.75) is 38.6 Å². The molecule has 2 aromatic rings. The minimum atomic E-state index is -0.131. The smallest absolute Gasteiger partial charge is 0.310 e. The van der Waals surface area contributed by atoms with Crippen molar-refractivity contribution in [2.75, 3.05) is 6.54 Å². The zero-order valence-corrected chi connectivity index (χ0v) is 11.3. The summed E-state index contributed by atoms with van der Waals surface area (Å²) < 4.78 is 0. The fourth-order valence-electron chi connectivity index (χ4n) is 3.31. The molecule has 0 spiro atoms. The molecule has 1 unspecified atom stereocenters. The normalized spacial score (nSPS) is 18.2. The van der Waals surface area contributed by atoms with Gasteiger partial charge in [0.2, 0.25) is 0 Å². The van der Waals surface area contributed by atoms with Gasteiger partial charge in [0, 0.05) is 6.04 Å². The van der Waals surface area contributed by atoms with Gasteiger partial charge in [0.1, 0.15) is 0 Å². The number of imidazole rings is 1. The summed E-state index contributed by atoms with van der Waals surface area (Å²) in [6.45, 7) is 3.13. The number of hydrogen-bond acceptors (Lipinski definition) is 2. The molecule has 4 heteroatoms. The van der Waals surface area contributed by atoms with Crippen molar-refractivity contribution in [1.82, 2.24) is 15.3 Å². The predicted octanol–water partition coefficient (Wildman–Crippen LogP) is 2.70. The van der Waals surface area contributed by atoms with Crippen molar-refractivity contribution in [1.29, 1.82) is 0 Å². The molecule has 19 heavy (non-hydrogen) atoms. The van der Waals surface area contributed by atoms with E-state index in [0.717, 1.165) is 23.5 Å². The Morgan fingerprint density at radius 1 is 1.26 bits per heavy atom. The molecule has 0 bridgehead atoms. The number of fused-ring (bicyclic) bond motifs is 1. The Morgan fingerprint density at radius 2 is 2.00 bits per heavy atom. The van der Waals surface area contributed by atoms with E-state index < -0.39 is 0 Å². The molecule has 1 aromatic carbocycles. The van der Waals surface area contributed by atoms with Crippen LogP contribution in [-0.4, -0.2) is 16.5 Å². The second-order valence-corrected chi connectivity index (χ2v) is 5.46. The molecule has 1 aromatic heterocycles. The minimum absolute atomic E-state index is 0.131. The number of benzene rings is 1. The van der Waals surface area contributed by atoms with Gasteiger partial charge in [0.25, 0.3) is 0 Å². The minimum Gasteiger partial charge on any atom is -0.310 e. The summed E-state index contributed by atoms with van der Waals surface area (Å²) in [5.41, 5.74) is 2.95. The van der Waals surface area contributed by atoms with E-state index in [-0.39, 0.29) is 5.69 Å². The van der Waals surface area contributed by atoms with Crippen LogP contribution in [0.4, 0.5) is 0 Å². The molecule has 0 radical (unpaired) electrons. The highest BCUT2D eigenvalue weighted by Crippen LogP contribution is 2.36. The van der Waals surface area contributed by atoms with Gasteiger partial charge in [-0.3, -0.25) is 0 Å². The Balaban J connectivity index is 1.96. The summed E-state index contributed by atoms with van der Waals surface area (Å²) in [5, 5.41) is 3.61. The van der Waals surface area contributed by atoms with E-state index in [9.17, 15) is 4.79 Å². The van der Waals surface area contributed by atoms with Gasteiger partial charge >= 0.3 is 5.69 Å². The zero-order chi connectivity index (χ0) is 13.2. The van der Waals surface area contributed by atoms with Crippen LogP contribution in [0.2, 0.25) is 0 Å². The first-order valence-corrected chi connectivity index (χ1v) is 7.23. The topological polar surface area (TPSA) is 60.7 Å². The number of aromatic nitrogens is 2. The molecule has 3 N–H and O–H groups in total. The summed E-state index contributed by atoms with van der Waals surface area (Å²) in [4.78, 5) is 17.0. The molecule has 1 atom stereocenters. The maximum atomic E-state index is 11.3. The number of aromatic amines is 2. The summed E-state index contributed by atoms with van der Waals surface area (Å²) in [6.07, 6.45) is 5.30. The number of rotatable bonds is 4. The first-order valence-electron chi connectivity index (χ1n) is 7.23. The van der Waals surface area contributed by atoms with Gasteiger partial charge in [-0.15, -0.1) is 0 Å². The molecule has 1 fully saturated rings. The summed E-state index contributed by atoms with van der Waals surface area (Å²) >= 11 is 0. The lowest BCUT2D eigenvalue weighted by atomic mass is 9.91. The van der Waals surface area contributed by atoms with Crippen molar-refractivity contribution >= 4 is 11.0 Å². The van der Waals surface area contributed by atoms with Crippen molar-refractivity contribution < 1.29 is 0 Å². The van der Waals surface area contributed by atoms with Crippen LogP contribution in [0.1, 0.15) is 44.2 Å². The molecule has 0 aliphatic heterocycles. The van der Waals surface area contributed by atoms with Crippen LogP contribution >= 0.6 is 0 Å². The van der Waals surface area contributed by atoms with Crippen molar-refractivity contribution in [3.05, 3.63) is 34.2 Å². The van der Waals surface area contributed by atoms with Gasteiger partial charge in [-0.25, -0.2) is 4.79 Å². The molecule has 1 aliphatic carbocycles. The number of H-pyrrole nitrogens is 2. The van der Waals surface area contributed by atoms with Crippen LogP contribution < -0.4 is 11.0 Å². The molecule has 1 aliphatic rings. The highest BCUT2D eigenvalue weighted by Gasteiger charge is 2.25. The maximum Gasteiger partial charge on any atom is 0.323 e. The summed E-state index contributed by atoms with van der Waals surface area (Å²) in [6, 6.07) is 6.66. The second-order valence-electron chi connectivity index (χ2n) is 5.46. The first kappa shape index (κ1) is 12.5.